The fourth-order valence-corrected chi connectivity index (χ4v) is 2.03. The Hall–Kier alpha value is -1.49. The fourth-order valence-electron chi connectivity index (χ4n) is 2.03. The molecule has 1 aliphatic carbocycles. The number of aliphatic hydroxyl groups excluding tert-OH is 1. The van der Waals surface area contributed by atoms with E-state index >= 15 is 0 Å². The van der Waals surface area contributed by atoms with Gasteiger partial charge < -0.3 is 10.2 Å². The number of aromatic carboxylic acids is 1. The average Bonchev–Trinajstić information content (AvgIpc) is 2.25. The Morgan fingerprint density at radius 2 is 1.82 bits per heavy atom. The van der Waals surface area contributed by atoms with Gasteiger partial charge in [0.05, 0.1) is 11.7 Å². The van der Waals surface area contributed by atoms with Crippen LogP contribution in [-0.2, 0) is 0 Å². The Balaban J connectivity index is 2.05. The number of halogens is 2. The van der Waals surface area contributed by atoms with Gasteiger partial charge in [0.25, 0.3) is 0 Å². The lowest BCUT2D eigenvalue weighted by Gasteiger charge is -2.38. The van der Waals surface area contributed by atoms with Crippen molar-refractivity contribution in [2.45, 2.75) is 24.9 Å². The summed E-state index contributed by atoms with van der Waals surface area (Å²) in [5.74, 6) is -4.16. The molecule has 5 heteroatoms. The van der Waals surface area contributed by atoms with E-state index in [0.717, 1.165) is 0 Å². The second kappa shape index (κ2) is 4.07. The molecule has 0 aliphatic heterocycles. The Morgan fingerprint density at radius 3 is 2.24 bits per heavy atom. The number of carboxylic acids is 1. The standard InChI is InChI=1S/C12H12F2O3/c13-12(14)5-9(6-12)10(15)7-1-3-8(4-2-7)11(16)17/h1-4,9-10,15H,5-6H2,(H,16,17). The molecule has 92 valence electrons. The van der Waals surface area contributed by atoms with Crippen LogP contribution < -0.4 is 0 Å². The number of benzene rings is 1. The summed E-state index contributed by atoms with van der Waals surface area (Å²) >= 11 is 0. The molecular weight excluding hydrogens is 230 g/mol. The molecule has 0 amide bonds. The SMILES string of the molecule is O=C(O)c1ccc(C(O)C2CC(F)(F)C2)cc1. The second-order valence-corrected chi connectivity index (χ2v) is 4.40. The molecule has 1 aromatic rings. The first-order valence-electron chi connectivity index (χ1n) is 5.28. The molecule has 1 aliphatic rings. The van der Waals surface area contributed by atoms with E-state index in [-0.39, 0.29) is 18.4 Å². The van der Waals surface area contributed by atoms with E-state index in [1.807, 2.05) is 0 Å². The lowest BCUT2D eigenvalue weighted by Crippen LogP contribution is -2.38. The smallest absolute Gasteiger partial charge is 0.335 e. The number of hydrogen-bond acceptors (Lipinski definition) is 2. The first-order chi connectivity index (χ1) is 7.89. The maximum atomic E-state index is 12.6. The minimum Gasteiger partial charge on any atom is -0.478 e. The molecule has 0 saturated heterocycles. The second-order valence-electron chi connectivity index (χ2n) is 4.40. The van der Waals surface area contributed by atoms with Crippen molar-refractivity contribution in [1.29, 1.82) is 0 Å². The molecule has 1 unspecified atom stereocenters. The highest BCUT2D eigenvalue weighted by atomic mass is 19.3. The van der Waals surface area contributed by atoms with Crippen LogP contribution in [0.15, 0.2) is 24.3 Å². The largest absolute Gasteiger partial charge is 0.478 e. The number of aliphatic hydroxyl groups is 1. The quantitative estimate of drug-likeness (QED) is 0.856. The molecule has 0 bridgehead atoms. The van der Waals surface area contributed by atoms with Gasteiger partial charge in [0.15, 0.2) is 0 Å². The minimum absolute atomic E-state index is 0.111. The van der Waals surface area contributed by atoms with Crippen LogP contribution in [0, 0.1) is 5.92 Å². The van der Waals surface area contributed by atoms with Gasteiger partial charge in [0.2, 0.25) is 5.92 Å². The van der Waals surface area contributed by atoms with Gasteiger partial charge in [-0.1, -0.05) is 12.1 Å². The van der Waals surface area contributed by atoms with Gasteiger partial charge in [-0.15, -0.1) is 0 Å². The molecule has 1 saturated carbocycles. The molecular formula is C12H12F2O3. The van der Waals surface area contributed by atoms with Crippen LogP contribution in [0.5, 0.6) is 0 Å². The van der Waals surface area contributed by atoms with Gasteiger partial charge in [0, 0.05) is 18.8 Å². The summed E-state index contributed by atoms with van der Waals surface area (Å²) in [5.41, 5.74) is 0.593. The topological polar surface area (TPSA) is 57.5 Å². The lowest BCUT2D eigenvalue weighted by atomic mass is 9.75. The molecule has 2 rings (SSSR count). The summed E-state index contributed by atoms with van der Waals surface area (Å²) in [7, 11) is 0. The molecule has 0 aromatic heterocycles. The number of hydrogen-bond donors (Lipinski definition) is 2. The lowest BCUT2D eigenvalue weighted by molar-refractivity contribution is -0.142. The number of rotatable bonds is 3. The van der Waals surface area contributed by atoms with E-state index in [4.69, 9.17) is 5.11 Å². The molecule has 3 nitrogen and oxygen atoms in total. The highest BCUT2D eigenvalue weighted by Gasteiger charge is 2.48. The van der Waals surface area contributed by atoms with E-state index in [2.05, 4.69) is 0 Å². The third kappa shape index (κ3) is 2.44. The van der Waals surface area contributed by atoms with Gasteiger partial charge in [-0.3, -0.25) is 0 Å². The molecule has 1 fully saturated rings. The van der Waals surface area contributed by atoms with E-state index in [0.29, 0.717) is 5.56 Å². The van der Waals surface area contributed by atoms with Crippen LogP contribution in [-0.4, -0.2) is 22.1 Å². The van der Waals surface area contributed by atoms with Crippen molar-refractivity contribution in [3.05, 3.63) is 35.4 Å². The summed E-state index contributed by atoms with van der Waals surface area (Å²) < 4.78 is 25.3. The zero-order chi connectivity index (χ0) is 12.6. The third-order valence-corrected chi connectivity index (χ3v) is 3.07. The molecule has 0 radical (unpaired) electrons. The van der Waals surface area contributed by atoms with Crippen LogP contribution in [0.2, 0.25) is 0 Å². The minimum atomic E-state index is -2.66. The highest BCUT2D eigenvalue weighted by molar-refractivity contribution is 5.87. The highest BCUT2D eigenvalue weighted by Crippen LogP contribution is 2.48. The monoisotopic (exact) mass is 242 g/mol. The molecule has 0 spiro atoms. The van der Waals surface area contributed by atoms with Crippen LogP contribution in [0.3, 0.4) is 0 Å². The first kappa shape index (κ1) is 12.0. The fraction of sp³-hybridized carbons (Fsp3) is 0.417. The maximum Gasteiger partial charge on any atom is 0.335 e. The van der Waals surface area contributed by atoms with Crippen molar-refractivity contribution in [2.24, 2.45) is 5.92 Å². The number of alkyl halides is 2. The first-order valence-corrected chi connectivity index (χ1v) is 5.28. The average molecular weight is 242 g/mol. The Bertz CT molecular complexity index is 420. The molecule has 1 atom stereocenters. The van der Waals surface area contributed by atoms with Crippen molar-refractivity contribution in [1.82, 2.24) is 0 Å². The van der Waals surface area contributed by atoms with E-state index < -0.39 is 23.9 Å². The predicted octanol–water partition coefficient (Wildman–Crippen LogP) is 2.46. The van der Waals surface area contributed by atoms with Crippen molar-refractivity contribution in [2.75, 3.05) is 0 Å². The zero-order valence-electron chi connectivity index (χ0n) is 8.94. The van der Waals surface area contributed by atoms with E-state index in [1.54, 1.807) is 0 Å². The van der Waals surface area contributed by atoms with Gasteiger partial charge >= 0.3 is 5.97 Å². The summed E-state index contributed by atoms with van der Waals surface area (Å²) in [6.07, 6.45) is -1.57. The van der Waals surface area contributed by atoms with E-state index in [9.17, 15) is 18.7 Å². The van der Waals surface area contributed by atoms with E-state index in [1.165, 1.54) is 24.3 Å². The predicted molar refractivity (Wildman–Crippen MR) is 56.0 cm³/mol. The third-order valence-electron chi connectivity index (χ3n) is 3.07. The number of carboxylic acid groups (broad SMARTS) is 1. The van der Waals surface area contributed by atoms with Crippen LogP contribution in [0.4, 0.5) is 8.78 Å². The zero-order valence-corrected chi connectivity index (χ0v) is 8.94. The summed E-state index contributed by atoms with van der Waals surface area (Å²) in [6.45, 7) is 0. The van der Waals surface area contributed by atoms with Crippen LogP contribution in [0.25, 0.3) is 0 Å². The summed E-state index contributed by atoms with van der Waals surface area (Å²) in [6, 6.07) is 5.64. The van der Waals surface area contributed by atoms with Gasteiger partial charge in [0.1, 0.15) is 0 Å². The molecule has 17 heavy (non-hydrogen) atoms. The van der Waals surface area contributed by atoms with Gasteiger partial charge in [-0.2, -0.15) is 0 Å². The normalized spacial score (nSPS) is 20.6. The maximum absolute atomic E-state index is 12.6. The Morgan fingerprint density at radius 1 is 1.29 bits per heavy atom. The molecule has 0 heterocycles. The van der Waals surface area contributed by atoms with Crippen molar-refractivity contribution in [3.63, 3.8) is 0 Å². The number of carbonyl (C=O) groups is 1. The Labute approximate surface area is 96.7 Å². The van der Waals surface area contributed by atoms with Crippen LogP contribution >= 0.6 is 0 Å². The van der Waals surface area contributed by atoms with Crippen molar-refractivity contribution < 1.29 is 23.8 Å². The van der Waals surface area contributed by atoms with Gasteiger partial charge in [-0.05, 0) is 17.7 Å². The van der Waals surface area contributed by atoms with Crippen LogP contribution in [0.1, 0.15) is 34.9 Å². The molecule has 2 N–H and O–H groups in total. The summed E-state index contributed by atoms with van der Waals surface area (Å²) in [4.78, 5) is 10.6. The summed E-state index contributed by atoms with van der Waals surface area (Å²) in [5, 5.41) is 18.5. The van der Waals surface area contributed by atoms with Crippen molar-refractivity contribution in [3.8, 4) is 0 Å². The Kier molecular flexibility index (Phi) is 2.87. The molecule has 1 aromatic carbocycles. The van der Waals surface area contributed by atoms with Gasteiger partial charge in [-0.25, -0.2) is 13.6 Å². The van der Waals surface area contributed by atoms with Crippen molar-refractivity contribution >= 4 is 5.97 Å².